The normalized spacial score (nSPS) is 12.8. The van der Waals surface area contributed by atoms with E-state index in [4.69, 9.17) is 0 Å². The highest BCUT2D eigenvalue weighted by Crippen LogP contribution is 2.15. The van der Waals surface area contributed by atoms with Crippen LogP contribution in [-0.2, 0) is 0 Å². The molecule has 0 N–H and O–H groups in total. The fraction of sp³-hybridized carbons (Fsp3) is 0.900. The van der Waals surface area contributed by atoms with Crippen LogP contribution in [0, 0.1) is 19.3 Å². The van der Waals surface area contributed by atoms with E-state index in [1.54, 1.807) is 0 Å². The van der Waals surface area contributed by atoms with Gasteiger partial charge in [-0.15, -0.1) is 0 Å². The molecule has 0 amide bonds. The average molecular weight is 281 g/mol. The quantitative estimate of drug-likeness (QED) is 0.256. The molecule has 0 saturated carbocycles. The number of unbranched alkanes of at least 4 members (excludes halogenated alkanes) is 13. The molecule has 2 radical (unpaired) electrons. The van der Waals surface area contributed by atoms with Gasteiger partial charge in [-0.1, -0.05) is 117 Å². The van der Waals surface area contributed by atoms with Crippen LogP contribution in [0.1, 0.15) is 110 Å². The van der Waals surface area contributed by atoms with Gasteiger partial charge in [0.15, 0.2) is 0 Å². The van der Waals surface area contributed by atoms with Crippen molar-refractivity contribution in [3.05, 3.63) is 13.3 Å². The maximum absolute atomic E-state index is 3.97. The van der Waals surface area contributed by atoms with Crippen LogP contribution in [0.4, 0.5) is 0 Å². The van der Waals surface area contributed by atoms with Crippen molar-refractivity contribution >= 4 is 0 Å². The van der Waals surface area contributed by atoms with E-state index < -0.39 is 0 Å². The summed E-state index contributed by atoms with van der Waals surface area (Å²) in [5.41, 5.74) is 0. The van der Waals surface area contributed by atoms with Gasteiger partial charge in [-0.05, 0) is 12.3 Å². The van der Waals surface area contributed by atoms with Gasteiger partial charge in [0.2, 0.25) is 0 Å². The van der Waals surface area contributed by atoms with Gasteiger partial charge < -0.3 is 0 Å². The van der Waals surface area contributed by atoms with Crippen molar-refractivity contribution in [1.82, 2.24) is 0 Å². The molecule has 0 aromatic carbocycles. The van der Waals surface area contributed by atoms with E-state index >= 15 is 0 Å². The predicted molar refractivity (Wildman–Crippen MR) is 93.8 cm³/mol. The first-order valence-electron chi connectivity index (χ1n) is 9.38. The maximum atomic E-state index is 3.97. The van der Waals surface area contributed by atoms with Gasteiger partial charge in [-0.2, -0.15) is 0 Å². The first-order chi connectivity index (χ1) is 9.81. The minimum absolute atomic E-state index is 0.838. The summed E-state index contributed by atoms with van der Waals surface area (Å²) in [6, 6.07) is 0. The molecule has 0 aliphatic heterocycles. The van der Waals surface area contributed by atoms with Gasteiger partial charge in [-0.3, -0.25) is 0 Å². The van der Waals surface area contributed by atoms with Gasteiger partial charge in [-0.25, -0.2) is 0 Å². The Hall–Kier alpha value is 0. The van der Waals surface area contributed by atoms with Crippen molar-refractivity contribution in [2.24, 2.45) is 5.92 Å². The lowest BCUT2D eigenvalue weighted by atomic mass is 9.99. The van der Waals surface area contributed by atoms with Crippen LogP contribution in [0.3, 0.4) is 0 Å². The molecule has 1 unspecified atom stereocenters. The van der Waals surface area contributed by atoms with Gasteiger partial charge in [0.1, 0.15) is 0 Å². The van der Waals surface area contributed by atoms with Crippen LogP contribution in [-0.4, -0.2) is 0 Å². The molecule has 0 heteroatoms. The number of hydrogen-bond donors (Lipinski definition) is 0. The standard InChI is InChI=1S/C20H40/c1-4-6-7-8-9-10-11-12-13-14-15-16-17-18-19-20(3)5-2/h4,20H,2,5-19H2,1,3H3. The van der Waals surface area contributed by atoms with Crippen LogP contribution < -0.4 is 0 Å². The van der Waals surface area contributed by atoms with Gasteiger partial charge in [0, 0.05) is 0 Å². The Morgan fingerprint density at radius 1 is 0.700 bits per heavy atom. The van der Waals surface area contributed by atoms with Crippen molar-refractivity contribution in [3.63, 3.8) is 0 Å². The topological polar surface area (TPSA) is 0 Å². The molecule has 20 heavy (non-hydrogen) atoms. The minimum atomic E-state index is 0.838. The van der Waals surface area contributed by atoms with Gasteiger partial charge >= 0.3 is 0 Å². The van der Waals surface area contributed by atoms with E-state index in [-0.39, 0.29) is 0 Å². The highest BCUT2D eigenvalue weighted by Gasteiger charge is 1.98. The molecular formula is C20H40. The molecule has 0 nitrogen and oxygen atoms in total. The number of rotatable bonds is 16. The second kappa shape index (κ2) is 17.1. The van der Waals surface area contributed by atoms with E-state index in [0.29, 0.717) is 0 Å². The Labute approximate surface area is 130 Å². The van der Waals surface area contributed by atoms with Gasteiger partial charge in [0.05, 0.1) is 0 Å². The molecule has 0 aliphatic rings. The SMILES string of the molecule is [CH2]CC(C)CCCCCCCCCCCCCC[CH]C. The highest BCUT2D eigenvalue weighted by atomic mass is 14.0. The lowest BCUT2D eigenvalue weighted by Crippen LogP contribution is -1.91. The molecule has 1 atom stereocenters. The van der Waals surface area contributed by atoms with Crippen LogP contribution in [0.2, 0.25) is 0 Å². The second-order valence-corrected chi connectivity index (χ2v) is 6.62. The highest BCUT2D eigenvalue weighted by molar-refractivity contribution is 4.56. The van der Waals surface area contributed by atoms with E-state index in [9.17, 15) is 0 Å². The van der Waals surface area contributed by atoms with E-state index in [2.05, 4.69) is 27.2 Å². The lowest BCUT2D eigenvalue weighted by molar-refractivity contribution is 0.481. The van der Waals surface area contributed by atoms with E-state index in [1.165, 1.54) is 89.9 Å². The summed E-state index contributed by atoms with van der Waals surface area (Å²) >= 11 is 0. The summed E-state index contributed by atoms with van der Waals surface area (Å²) in [6.45, 7) is 8.46. The summed E-state index contributed by atoms with van der Waals surface area (Å²) in [5.74, 6) is 0.838. The summed E-state index contributed by atoms with van der Waals surface area (Å²) in [5, 5.41) is 0. The fourth-order valence-corrected chi connectivity index (χ4v) is 2.75. The summed E-state index contributed by atoms with van der Waals surface area (Å²) in [6.07, 6.45) is 23.5. The minimum Gasteiger partial charge on any atom is -0.0625 e. The first-order valence-corrected chi connectivity index (χ1v) is 9.38. The maximum Gasteiger partial charge on any atom is -0.0417 e. The summed E-state index contributed by atoms with van der Waals surface area (Å²) < 4.78 is 0. The molecular weight excluding hydrogens is 240 g/mol. The Balaban J connectivity index is 2.96. The van der Waals surface area contributed by atoms with Gasteiger partial charge in [0.25, 0.3) is 0 Å². The zero-order valence-electron chi connectivity index (χ0n) is 14.5. The molecule has 0 saturated heterocycles. The average Bonchev–Trinajstić information content (AvgIpc) is 2.47. The molecule has 0 bridgehead atoms. The van der Waals surface area contributed by atoms with Crippen LogP contribution in [0.25, 0.3) is 0 Å². The first kappa shape index (κ1) is 20.0. The largest absolute Gasteiger partial charge is 0.0625 e. The summed E-state index contributed by atoms with van der Waals surface area (Å²) in [7, 11) is 0. The summed E-state index contributed by atoms with van der Waals surface area (Å²) in [4.78, 5) is 0. The zero-order valence-corrected chi connectivity index (χ0v) is 14.5. The molecule has 0 fully saturated rings. The van der Waals surface area contributed by atoms with E-state index in [0.717, 1.165) is 12.3 Å². The van der Waals surface area contributed by atoms with Crippen LogP contribution in [0.15, 0.2) is 0 Å². The molecule has 120 valence electrons. The third-order valence-electron chi connectivity index (χ3n) is 4.43. The molecule has 0 aromatic heterocycles. The fourth-order valence-electron chi connectivity index (χ4n) is 2.75. The Bertz CT molecular complexity index is 161. The number of hydrogen-bond acceptors (Lipinski definition) is 0. The molecule has 0 aromatic rings. The predicted octanol–water partition coefficient (Wildman–Crippen LogP) is 7.53. The zero-order chi connectivity index (χ0) is 14.9. The molecule has 0 spiro atoms. The van der Waals surface area contributed by atoms with Crippen molar-refractivity contribution in [1.29, 1.82) is 0 Å². The van der Waals surface area contributed by atoms with Crippen molar-refractivity contribution in [3.8, 4) is 0 Å². The van der Waals surface area contributed by atoms with Crippen LogP contribution >= 0.6 is 0 Å². The van der Waals surface area contributed by atoms with Crippen molar-refractivity contribution in [2.75, 3.05) is 0 Å². The monoisotopic (exact) mass is 280 g/mol. The molecule has 0 heterocycles. The van der Waals surface area contributed by atoms with Crippen LogP contribution in [0.5, 0.6) is 0 Å². The van der Waals surface area contributed by atoms with Crippen molar-refractivity contribution in [2.45, 2.75) is 110 Å². The third-order valence-corrected chi connectivity index (χ3v) is 4.43. The molecule has 0 rings (SSSR count). The molecule has 0 aliphatic carbocycles. The smallest absolute Gasteiger partial charge is 0.0417 e. The second-order valence-electron chi connectivity index (χ2n) is 6.62. The third kappa shape index (κ3) is 16.1. The lowest BCUT2D eigenvalue weighted by Gasteiger charge is -2.07. The Kier molecular flexibility index (Phi) is 17.1. The Morgan fingerprint density at radius 2 is 1.10 bits per heavy atom. The Morgan fingerprint density at radius 3 is 1.50 bits per heavy atom. The van der Waals surface area contributed by atoms with E-state index in [1.807, 2.05) is 0 Å². The van der Waals surface area contributed by atoms with Crippen molar-refractivity contribution < 1.29 is 0 Å².